The molecule has 102 valence electrons. The first-order valence-corrected chi connectivity index (χ1v) is 6.73. The van der Waals surface area contributed by atoms with Crippen molar-refractivity contribution in [3.8, 4) is 0 Å². The molecule has 0 aliphatic carbocycles. The van der Waals surface area contributed by atoms with Gasteiger partial charge in [-0.25, -0.2) is 0 Å². The van der Waals surface area contributed by atoms with E-state index in [0.29, 0.717) is 0 Å². The fourth-order valence-corrected chi connectivity index (χ4v) is 3.01. The molecular weight excluding hydrogens is 264 g/mol. The number of fused-ring (bicyclic) bond motifs is 4. The Labute approximate surface area is 120 Å². The molecule has 0 bridgehead atoms. The first-order chi connectivity index (χ1) is 10.1. The number of benzene rings is 3. The Morgan fingerprint density at radius 2 is 1.81 bits per heavy atom. The Kier molecular flexibility index (Phi) is 2.30. The fourth-order valence-electron chi connectivity index (χ4n) is 3.01. The van der Waals surface area contributed by atoms with E-state index in [1.54, 1.807) is 12.1 Å². The molecule has 0 amide bonds. The van der Waals surface area contributed by atoms with Gasteiger partial charge in [0.1, 0.15) is 0 Å². The first kappa shape index (κ1) is 11.9. The summed E-state index contributed by atoms with van der Waals surface area (Å²) in [6.45, 7) is 2.08. The Morgan fingerprint density at radius 3 is 2.62 bits per heavy atom. The number of hydrogen-bond acceptors (Lipinski definition) is 2. The van der Waals surface area contributed by atoms with Gasteiger partial charge in [0, 0.05) is 28.4 Å². The molecule has 0 atom stereocenters. The van der Waals surface area contributed by atoms with Crippen molar-refractivity contribution in [2.24, 2.45) is 0 Å². The molecule has 3 aromatic carbocycles. The summed E-state index contributed by atoms with van der Waals surface area (Å²) in [5.41, 5.74) is 3.26. The molecule has 0 aliphatic rings. The smallest absolute Gasteiger partial charge is 0.270 e. The molecule has 0 saturated heterocycles. The predicted molar refractivity (Wildman–Crippen MR) is 84.7 cm³/mol. The lowest BCUT2D eigenvalue weighted by Gasteiger charge is -2.03. The van der Waals surface area contributed by atoms with Crippen LogP contribution in [0.15, 0.2) is 48.5 Å². The van der Waals surface area contributed by atoms with E-state index in [9.17, 15) is 10.1 Å². The summed E-state index contributed by atoms with van der Waals surface area (Å²) in [5.74, 6) is 0. The highest BCUT2D eigenvalue weighted by molar-refractivity contribution is 6.14. The monoisotopic (exact) mass is 276 g/mol. The molecule has 1 heterocycles. The quantitative estimate of drug-likeness (QED) is 0.405. The topological polar surface area (TPSA) is 58.9 Å². The second-order valence-corrected chi connectivity index (χ2v) is 5.26. The van der Waals surface area contributed by atoms with Gasteiger partial charge in [-0.15, -0.1) is 0 Å². The summed E-state index contributed by atoms with van der Waals surface area (Å²) in [6, 6.07) is 15.2. The van der Waals surface area contributed by atoms with E-state index in [4.69, 9.17) is 0 Å². The number of aromatic amines is 1. The number of nitrogens with zero attached hydrogens (tertiary/aromatic N) is 1. The van der Waals surface area contributed by atoms with E-state index < -0.39 is 0 Å². The van der Waals surface area contributed by atoms with Crippen LogP contribution in [0.5, 0.6) is 0 Å². The SMILES string of the molecule is Cc1c2ccccc2cc2c1[nH]c1ccc([N+](=O)[O-])cc12. The summed E-state index contributed by atoms with van der Waals surface area (Å²) < 4.78 is 0. The third-order valence-electron chi connectivity index (χ3n) is 4.07. The number of non-ortho nitro benzene ring substituents is 1. The summed E-state index contributed by atoms with van der Waals surface area (Å²) in [5, 5.41) is 15.3. The summed E-state index contributed by atoms with van der Waals surface area (Å²) in [4.78, 5) is 14.0. The van der Waals surface area contributed by atoms with Crippen LogP contribution in [0.4, 0.5) is 5.69 Å². The summed E-state index contributed by atoms with van der Waals surface area (Å²) in [7, 11) is 0. The van der Waals surface area contributed by atoms with E-state index in [1.807, 2.05) is 12.1 Å². The molecule has 0 saturated carbocycles. The van der Waals surface area contributed by atoms with Gasteiger partial charge in [-0.3, -0.25) is 10.1 Å². The van der Waals surface area contributed by atoms with Crippen molar-refractivity contribution in [3.05, 3.63) is 64.2 Å². The second kappa shape index (κ2) is 4.06. The van der Waals surface area contributed by atoms with Crippen LogP contribution in [-0.4, -0.2) is 9.91 Å². The minimum absolute atomic E-state index is 0.120. The van der Waals surface area contributed by atoms with Crippen LogP contribution in [0.25, 0.3) is 32.6 Å². The Hall–Kier alpha value is -2.88. The van der Waals surface area contributed by atoms with Crippen LogP contribution in [0, 0.1) is 17.0 Å². The Balaban J connectivity index is 2.21. The maximum Gasteiger partial charge on any atom is 0.270 e. The van der Waals surface area contributed by atoms with E-state index in [0.717, 1.165) is 27.2 Å². The molecule has 0 radical (unpaired) electrons. The van der Waals surface area contributed by atoms with Crippen molar-refractivity contribution in [2.45, 2.75) is 6.92 Å². The van der Waals surface area contributed by atoms with E-state index in [-0.39, 0.29) is 10.6 Å². The highest BCUT2D eigenvalue weighted by atomic mass is 16.6. The van der Waals surface area contributed by atoms with Gasteiger partial charge >= 0.3 is 0 Å². The van der Waals surface area contributed by atoms with E-state index in [2.05, 4.69) is 30.1 Å². The zero-order chi connectivity index (χ0) is 14.6. The molecule has 4 aromatic rings. The van der Waals surface area contributed by atoms with Crippen molar-refractivity contribution in [1.82, 2.24) is 4.98 Å². The fraction of sp³-hybridized carbons (Fsp3) is 0.0588. The highest BCUT2D eigenvalue weighted by Gasteiger charge is 2.13. The molecule has 0 unspecified atom stereocenters. The van der Waals surface area contributed by atoms with Gasteiger partial charge in [0.2, 0.25) is 0 Å². The normalized spacial score (nSPS) is 11.5. The molecule has 0 aliphatic heterocycles. The lowest BCUT2D eigenvalue weighted by atomic mass is 10.0. The molecule has 21 heavy (non-hydrogen) atoms. The third kappa shape index (κ3) is 1.62. The van der Waals surface area contributed by atoms with Gasteiger partial charge in [0.05, 0.1) is 10.4 Å². The number of rotatable bonds is 1. The van der Waals surface area contributed by atoms with Gasteiger partial charge in [0.25, 0.3) is 5.69 Å². The van der Waals surface area contributed by atoms with Gasteiger partial charge in [0.15, 0.2) is 0 Å². The highest BCUT2D eigenvalue weighted by Crippen LogP contribution is 2.34. The number of aryl methyl sites for hydroxylation is 1. The zero-order valence-corrected chi connectivity index (χ0v) is 11.4. The van der Waals surface area contributed by atoms with Gasteiger partial charge < -0.3 is 4.98 Å². The molecule has 0 fully saturated rings. The number of nitro groups is 1. The van der Waals surface area contributed by atoms with Crippen LogP contribution < -0.4 is 0 Å². The first-order valence-electron chi connectivity index (χ1n) is 6.73. The number of nitro benzene ring substituents is 1. The number of aromatic nitrogens is 1. The van der Waals surface area contributed by atoms with E-state index >= 15 is 0 Å². The lowest BCUT2D eigenvalue weighted by molar-refractivity contribution is -0.384. The van der Waals surface area contributed by atoms with Crippen LogP contribution in [0.2, 0.25) is 0 Å². The van der Waals surface area contributed by atoms with Gasteiger partial charge in [-0.1, -0.05) is 24.3 Å². The minimum Gasteiger partial charge on any atom is -0.354 e. The standard InChI is InChI=1S/C17H12N2O2/c1-10-13-5-3-2-4-11(13)8-15-14-9-12(19(20)21)6-7-16(14)18-17(10)15/h2-9,18H,1H3. The summed E-state index contributed by atoms with van der Waals surface area (Å²) >= 11 is 0. The van der Waals surface area contributed by atoms with Crippen molar-refractivity contribution < 1.29 is 4.92 Å². The maximum atomic E-state index is 11.0. The van der Waals surface area contributed by atoms with Gasteiger partial charge in [-0.2, -0.15) is 0 Å². The zero-order valence-electron chi connectivity index (χ0n) is 11.4. The van der Waals surface area contributed by atoms with Crippen molar-refractivity contribution in [1.29, 1.82) is 0 Å². The van der Waals surface area contributed by atoms with Crippen molar-refractivity contribution in [2.75, 3.05) is 0 Å². The molecular formula is C17H12N2O2. The van der Waals surface area contributed by atoms with Crippen LogP contribution in [0.1, 0.15) is 5.56 Å². The second-order valence-electron chi connectivity index (χ2n) is 5.26. The summed E-state index contributed by atoms with van der Waals surface area (Å²) in [6.07, 6.45) is 0. The average molecular weight is 276 g/mol. The lowest BCUT2D eigenvalue weighted by Crippen LogP contribution is -1.86. The van der Waals surface area contributed by atoms with E-state index in [1.165, 1.54) is 17.0 Å². The Bertz CT molecular complexity index is 1030. The van der Waals surface area contributed by atoms with Crippen LogP contribution in [-0.2, 0) is 0 Å². The molecule has 1 N–H and O–H groups in total. The largest absolute Gasteiger partial charge is 0.354 e. The van der Waals surface area contributed by atoms with Crippen molar-refractivity contribution >= 4 is 38.3 Å². The predicted octanol–water partition coefficient (Wildman–Crippen LogP) is 4.69. The minimum atomic E-state index is -0.355. The third-order valence-corrected chi connectivity index (χ3v) is 4.07. The number of nitrogens with one attached hydrogen (secondary N) is 1. The maximum absolute atomic E-state index is 11.0. The molecule has 0 spiro atoms. The van der Waals surface area contributed by atoms with Crippen LogP contribution in [0.3, 0.4) is 0 Å². The number of hydrogen-bond donors (Lipinski definition) is 1. The number of H-pyrrole nitrogens is 1. The Morgan fingerprint density at radius 1 is 1.00 bits per heavy atom. The molecule has 4 nitrogen and oxygen atoms in total. The molecule has 1 aromatic heterocycles. The van der Waals surface area contributed by atoms with Crippen LogP contribution >= 0.6 is 0 Å². The van der Waals surface area contributed by atoms with Gasteiger partial charge in [-0.05, 0) is 35.4 Å². The van der Waals surface area contributed by atoms with Crippen molar-refractivity contribution in [3.63, 3.8) is 0 Å². The molecule has 4 heteroatoms. The molecule has 4 rings (SSSR count). The average Bonchev–Trinajstić information content (AvgIpc) is 2.86.